The van der Waals surface area contributed by atoms with Crippen molar-refractivity contribution < 1.29 is 9.32 Å². The number of nitrogens with zero attached hydrogens (tertiary/aromatic N) is 3. The van der Waals surface area contributed by atoms with Crippen LogP contribution in [0.1, 0.15) is 56.0 Å². The molecule has 0 atom stereocenters. The third-order valence-corrected chi connectivity index (χ3v) is 5.25. The van der Waals surface area contributed by atoms with Crippen LogP contribution in [0.5, 0.6) is 0 Å². The second kappa shape index (κ2) is 7.05. The molecule has 1 aromatic carbocycles. The van der Waals surface area contributed by atoms with Gasteiger partial charge < -0.3 is 9.84 Å². The van der Waals surface area contributed by atoms with Crippen molar-refractivity contribution >= 4 is 28.8 Å². The molecule has 0 bridgehead atoms. The van der Waals surface area contributed by atoms with Gasteiger partial charge in [0, 0.05) is 11.0 Å². The topological polar surface area (TPSA) is 80.9 Å². The molecular formula is C19H21ClN4O2S. The molecule has 0 spiro atoms. The zero-order valence-corrected chi connectivity index (χ0v) is 17.4. The van der Waals surface area contributed by atoms with E-state index >= 15 is 0 Å². The number of aromatic nitrogens is 3. The first-order valence-electron chi connectivity index (χ1n) is 8.46. The van der Waals surface area contributed by atoms with E-state index in [0.29, 0.717) is 26.6 Å². The highest BCUT2D eigenvalue weighted by molar-refractivity contribution is 7.17. The number of nitrogens with one attached hydrogen (secondary N) is 1. The van der Waals surface area contributed by atoms with Crippen LogP contribution in [0.15, 0.2) is 35.0 Å². The third-order valence-electron chi connectivity index (χ3n) is 3.89. The van der Waals surface area contributed by atoms with Crippen LogP contribution in [0.25, 0.3) is 10.6 Å². The monoisotopic (exact) mass is 404 g/mol. The molecule has 0 saturated carbocycles. The minimum atomic E-state index is -0.793. The van der Waals surface area contributed by atoms with Crippen LogP contribution >= 0.6 is 22.9 Å². The van der Waals surface area contributed by atoms with Crippen molar-refractivity contribution in [3.63, 3.8) is 0 Å². The number of carbonyl (C=O) groups is 1. The number of halogens is 1. The number of hydrogen-bond donors (Lipinski definition) is 1. The number of thiazole rings is 1. The van der Waals surface area contributed by atoms with Crippen LogP contribution in [0.3, 0.4) is 0 Å². The van der Waals surface area contributed by atoms with E-state index in [1.807, 2.05) is 52.8 Å². The summed E-state index contributed by atoms with van der Waals surface area (Å²) in [5, 5.41) is 8.27. The van der Waals surface area contributed by atoms with Gasteiger partial charge in [-0.1, -0.05) is 55.7 Å². The molecule has 8 heteroatoms. The Balaban J connectivity index is 1.79. The Bertz CT molecular complexity index is 972. The fraction of sp³-hybridized carbons (Fsp3) is 0.368. The first kappa shape index (κ1) is 19.5. The zero-order chi connectivity index (χ0) is 19.8. The van der Waals surface area contributed by atoms with Gasteiger partial charge in [-0.25, -0.2) is 4.98 Å². The average Bonchev–Trinajstić information content (AvgIpc) is 3.24. The Kier molecular flexibility index (Phi) is 5.10. The van der Waals surface area contributed by atoms with Crippen LogP contribution < -0.4 is 5.32 Å². The lowest BCUT2D eigenvalue weighted by Crippen LogP contribution is -2.41. The standard InChI is InChI=1S/C19H21ClN4O2S/c1-18(2,3)17-22-16(24-26-17)19(4,5)23-14(25)13-10-21-15(27-13)11-8-6-7-9-12(11)20/h6-10H,1-5H3,(H,23,25). The molecule has 3 aromatic rings. The molecule has 1 N–H and O–H groups in total. The van der Waals surface area contributed by atoms with Gasteiger partial charge in [-0.3, -0.25) is 4.79 Å². The molecule has 0 aliphatic heterocycles. The largest absolute Gasteiger partial charge is 0.339 e. The summed E-state index contributed by atoms with van der Waals surface area (Å²) >= 11 is 7.49. The first-order chi connectivity index (χ1) is 12.6. The second-order valence-corrected chi connectivity index (χ2v) is 9.20. The molecule has 0 fully saturated rings. The number of benzene rings is 1. The van der Waals surface area contributed by atoms with Gasteiger partial charge in [-0.15, -0.1) is 11.3 Å². The summed E-state index contributed by atoms with van der Waals surface area (Å²) < 4.78 is 5.34. The zero-order valence-electron chi connectivity index (χ0n) is 15.8. The Labute approximate surface area is 167 Å². The Hall–Kier alpha value is -2.25. The van der Waals surface area contributed by atoms with Gasteiger partial charge in [-0.2, -0.15) is 4.98 Å². The molecule has 2 aromatic heterocycles. The van der Waals surface area contributed by atoms with Crippen LogP contribution in [-0.4, -0.2) is 21.0 Å². The number of rotatable bonds is 4. The fourth-order valence-corrected chi connectivity index (χ4v) is 3.45. The third kappa shape index (κ3) is 4.20. The second-order valence-electron chi connectivity index (χ2n) is 7.76. The molecule has 0 saturated heterocycles. The van der Waals surface area contributed by atoms with E-state index in [1.165, 1.54) is 11.3 Å². The van der Waals surface area contributed by atoms with Crippen LogP contribution in [0.2, 0.25) is 5.02 Å². The minimum absolute atomic E-state index is 0.252. The van der Waals surface area contributed by atoms with E-state index in [2.05, 4.69) is 20.4 Å². The average molecular weight is 405 g/mol. The molecule has 0 aliphatic carbocycles. The van der Waals surface area contributed by atoms with E-state index in [0.717, 1.165) is 5.56 Å². The molecule has 142 valence electrons. The van der Waals surface area contributed by atoms with Gasteiger partial charge in [0.15, 0.2) is 5.82 Å². The van der Waals surface area contributed by atoms with Crippen molar-refractivity contribution in [2.75, 3.05) is 0 Å². The Morgan fingerprint density at radius 2 is 1.89 bits per heavy atom. The maximum absolute atomic E-state index is 12.7. The summed E-state index contributed by atoms with van der Waals surface area (Å²) in [6.45, 7) is 9.63. The lowest BCUT2D eigenvalue weighted by Gasteiger charge is -2.21. The van der Waals surface area contributed by atoms with E-state index in [4.69, 9.17) is 16.1 Å². The van der Waals surface area contributed by atoms with Crippen molar-refractivity contribution in [3.05, 3.63) is 52.1 Å². The number of carbonyl (C=O) groups excluding carboxylic acids is 1. The predicted octanol–water partition coefficient (Wildman–Crippen LogP) is 4.81. The maximum Gasteiger partial charge on any atom is 0.263 e. The van der Waals surface area contributed by atoms with E-state index in [-0.39, 0.29) is 11.3 Å². The van der Waals surface area contributed by atoms with Gasteiger partial charge >= 0.3 is 0 Å². The lowest BCUT2D eigenvalue weighted by atomic mass is 9.97. The molecule has 1 amide bonds. The highest BCUT2D eigenvalue weighted by Gasteiger charge is 2.32. The first-order valence-corrected chi connectivity index (χ1v) is 9.65. The minimum Gasteiger partial charge on any atom is -0.339 e. The molecule has 0 unspecified atom stereocenters. The van der Waals surface area contributed by atoms with E-state index in [1.54, 1.807) is 12.3 Å². The van der Waals surface area contributed by atoms with Gasteiger partial charge in [0.25, 0.3) is 5.91 Å². The van der Waals surface area contributed by atoms with Crippen molar-refractivity contribution in [1.82, 2.24) is 20.4 Å². The lowest BCUT2D eigenvalue weighted by molar-refractivity contribution is 0.0911. The number of hydrogen-bond acceptors (Lipinski definition) is 6. The van der Waals surface area contributed by atoms with Gasteiger partial charge in [0.05, 0.1) is 16.8 Å². The van der Waals surface area contributed by atoms with E-state index in [9.17, 15) is 4.79 Å². The van der Waals surface area contributed by atoms with Crippen LogP contribution in [0, 0.1) is 0 Å². The van der Waals surface area contributed by atoms with Crippen molar-refractivity contribution in [1.29, 1.82) is 0 Å². The van der Waals surface area contributed by atoms with Crippen LogP contribution in [0.4, 0.5) is 0 Å². The Morgan fingerprint density at radius 3 is 2.52 bits per heavy atom. The summed E-state index contributed by atoms with van der Waals surface area (Å²) in [5.74, 6) is 0.702. The smallest absolute Gasteiger partial charge is 0.263 e. The normalized spacial score (nSPS) is 12.2. The van der Waals surface area contributed by atoms with Gasteiger partial charge in [0.2, 0.25) is 5.89 Å². The van der Waals surface area contributed by atoms with Crippen molar-refractivity contribution in [2.24, 2.45) is 0 Å². The summed E-state index contributed by atoms with van der Waals surface area (Å²) in [5.41, 5.74) is -0.249. The molecule has 27 heavy (non-hydrogen) atoms. The van der Waals surface area contributed by atoms with Crippen molar-refractivity contribution in [3.8, 4) is 10.6 Å². The van der Waals surface area contributed by atoms with Gasteiger partial charge in [-0.05, 0) is 19.9 Å². The highest BCUT2D eigenvalue weighted by atomic mass is 35.5. The van der Waals surface area contributed by atoms with Crippen molar-refractivity contribution in [2.45, 2.75) is 45.6 Å². The predicted molar refractivity (Wildman–Crippen MR) is 106 cm³/mol. The highest BCUT2D eigenvalue weighted by Crippen LogP contribution is 2.31. The molecule has 0 aliphatic rings. The maximum atomic E-state index is 12.7. The molecule has 6 nitrogen and oxygen atoms in total. The summed E-state index contributed by atoms with van der Waals surface area (Å²) in [6.07, 6.45) is 1.55. The van der Waals surface area contributed by atoms with Gasteiger partial charge in [0.1, 0.15) is 9.88 Å². The molecular weight excluding hydrogens is 384 g/mol. The molecule has 2 heterocycles. The summed E-state index contributed by atoms with van der Waals surface area (Å²) in [6, 6.07) is 7.41. The Morgan fingerprint density at radius 1 is 1.19 bits per heavy atom. The van der Waals surface area contributed by atoms with E-state index < -0.39 is 5.54 Å². The quantitative estimate of drug-likeness (QED) is 0.674. The number of amides is 1. The molecule has 3 rings (SSSR count). The summed E-state index contributed by atoms with van der Waals surface area (Å²) in [7, 11) is 0. The SMILES string of the molecule is CC(C)(C)c1nc(C(C)(C)NC(=O)c2cnc(-c3ccccc3Cl)s2)no1. The summed E-state index contributed by atoms with van der Waals surface area (Å²) in [4.78, 5) is 22.0. The molecule has 0 radical (unpaired) electrons. The van der Waals surface area contributed by atoms with Crippen LogP contribution in [-0.2, 0) is 11.0 Å². The fourth-order valence-electron chi connectivity index (χ4n) is 2.32.